The molecule has 278 valence electrons. The van der Waals surface area contributed by atoms with Crippen LogP contribution in [-0.2, 0) is 5.41 Å². The van der Waals surface area contributed by atoms with Crippen molar-refractivity contribution in [3.8, 4) is 33.4 Å². The lowest BCUT2D eigenvalue weighted by Crippen LogP contribution is -2.36. The molecule has 3 heteroatoms. The predicted octanol–water partition coefficient (Wildman–Crippen LogP) is 14.4. The molecule has 0 saturated carbocycles. The van der Waals surface area contributed by atoms with Crippen LogP contribution in [0.5, 0.6) is 0 Å². The number of rotatable bonds is 5. The Morgan fingerprint density at radius 1 is 0.475 bits per heavy atom. The Kier molecular flexibility index (Phi) is 8.09. The predicted molar refractivity (Wildman–Crippen MR) is 247 cm³/mol. The first kappa shape index (κ1) is 34.6. The van der Waals surface area contributed by atoms with Gasteiger partial charge in [0.1, 0.15) is 0 Å². The van der Waals surface area contributed by atoms with Crippen molar-refractivity contribution in [3.63, 3.8) is 0 Å². The molecular weight excluding hydrogens is 715 g/mol. The zero-order valence-electron chi connectivity index (χ0n) is 32.7. The Balaban J connectivity index is 1.08. The minimum atomic E-state index is -0.528. The molecule has 0 bridgehead atoms. The van der Waals surface area contributed by atoms with E-state index in [0.29, 0.717) is 5.84 Å². The number of amidine groups is 1. The average molecular weight is 754 g/mol. The van der Waals surface area contributed by atoms with Crippen LogP contribution < -0.4 is 4.90 Å². The second kappa shape index (κ2) is 13.8. The highest BCUT2D eigenvalue weighted by molar-refractivity contribution is 6.05. The van der Waals surface area contributed by atoms with Crippen molar-refractivity contribution in [3.05, 3.63) is 240 Å². The van der Waals surface area contributed by atoms with Crippen LogP contribution in [0.25, 0.3) is 44.2 Å². The quantitative estimate of drug-likeness (QED) is 0.127. The smallest absolute Gasteiger partial charge is 0.159 e. The summed E-state index contributed by atoms with van der Waals surface area (Å²) in [6.45, 7) is 6.15. The van der Waals surface area contributed by atoms with E-state index >= 15 is 0 Å². The molecular formula is C56H39N3. The van der Waals surface area contributed by atoms with E-state index in [4.69, 9.17) is 4.99 Å². The number of hydrogen-bond donors (Lipinski definition) is 0. The van der Waals surface area contributed by atoms with Gasteiger partial charge in [-0.2, -0.15) is 0 Å². The third kappa shape index (κ3) is 5.28. The van der Waals surface area contributed by atoms with E-state index in [1.807, 2.05) is 0 Å². The zero-order chi connectivity index (χ0) is 39.5. The van der Waals surface area contributed by atoms with Crippen molar-refractivity contribution in [2.24, 2.45) is 9.98 Å². The highest BCUT2D eigenvalue weighted by atomic mass is 15.2. The van der Waals surface area contributed by atoms with Gasteiger partial charge in [-0.3, -0.25) is 0 Å². The Labute approximate surface area is 345 Å². The summed E-state index contributed by atoms with van der Waals surface area (Å²) < 4.78 is 0. The lowest BCUT2D eigenvalue weighted by molar-refractivity contribution is 0.753. The topological polar surface area (TPSA) is 28.0 Å². The fourth-order valence-electron chi connectivity index (χ4n) is 9.78. The molecule has 0 unspecified atom stereocenters. The molecule has 1 heterocycles. The molecule has 11 rings (SSSR count). The lowest BCUT2D eigenvalue weighted by atomic mass is 9.64. The number of nitrogens with zero attached hydrogens (tertiary/aromatic N) is 3. The first-order valence-electron chi connectivity index (χ1n) is 20.2. The highest BCUT2D eigenvalue weighted by Crippen LogP contribution is 2.63. The van der Waals surface area contributed by atoms with Crippen molar-refractivity contribution in [2.45, 2.75) is 12.3 Å². The fourth-order valence-corrected chi connectivity index (χ4v) is 9.78. The minimum Gasteiger partial charge on any atom is -0.310 e. The van der Waals surface area contributed by atoms with Gasteiger partial charge < -0.3 is 4.90 Å². The molecule has 0 radical (unpaired) electrons. The molecule has 0 amide bonds. The molecule has 59 heavy (non-hydrogen) atoms. The third-order valence-electron chi connectivity index (χ3n) is 12.4. The van der Waals surface area contributed by atoms with Crippen molar-refractivity contribution < 1.29 is 0 Å². The van der Waals surface area contributed by atoms with Crippen LogP contribution in [0.4, 0.5) is 22.7 Å². The molecule has 0 fully saturated rings. The van der Waals surface area contributed by atoms with E-state index in [1.165, 1.54) is 55.4 Å². The molecule has 3 nitrogen and oxygen atoms in total. The second-order valence-corrected chi connectivity index (χ2v) is 15.4. The lowest BCUT2D eigenvalue weighted by Gasteiger charge is -2.45. The summed E-state index contributed by atoms with van der Waals surface area (Å²) in [4.78, 5) is 12.1. The normalized spacial score (nSPS) is 13.4. The summed E-state index contributed by atoms with van der Waals surface area (Å²) in [5.74, 6) is 0.585. The van der Waals surface area contributed by atoms with E-state index < -0.39 is 5.41 Å². The standard InChI is InChI=1S/C56H39N3/c1-37-43(45-27-15-18-38-17-6-7-23-44(38)45)26-16-31-52(37)58-55(57-2)41-20-14-19-39(35-41)40-33-34-54-51(36-40)56(48-28-10-8-24-46(48)47-25-9-11-29-49(47)56)50-30-12-13-32-53(50)59(54)42-21-4-3-5-22-42/h3-36H,2H2,1H3. The Morgan fingerprint density at radius 3 is 1.86 bits per heavy atom. The maximum absolute atomic E-state index is 5.18. The Morgan fingerprint density at radius 2 is 1.07 bits per heavy atom. The molecule has 1 spiro atoms. The van der Waals surface area contributed by atoms with E-state index in [-0.39, 0.29) is 0 Å². The third-order valence-corrected chi connectivity index (χ3v) is 12.4. The molecule has 0 N–H and O–H groups in total. The summed E-state index contributed by atoms with van der Waals surface area (Å²) in [5, 5.41) is 2.44. The molecule has 1 aliphatic heterocycles. The van der Waals surface area contributed by atoms with E-state index in [0.717, 1.165) is 44.9 Å². The van der Waals surface area contributed by atoms with Gasteiger partial charge in [0.15, 0.2) is 5.84 Å². The Hall–Kier alpha value is -7.62. The monoisotopic (exact) mass is 753 g/mol. The van der Waals surface area contributed by atoms with Crippen molar-refractivity contribution in [1.82, 2.24) is 0 Å². The van der Waals surface area contributed by atoms with Gasteiger partial charge in [-0.05, 0) is 128 Å². The van der Waals surface area contributed by atoms with Crippen LogP contribution >= 0.6 is 0 Å². The zero-order valence-corrected chi connectivity index (χ0v) is 32.7. The number of anilines is 3. The fraction of sp³-hybridized carbons (Fsp3) is 0.0357. The minimum absolute atomic E-state index is 0.528. The van der Waals surface area contributed by atoms with Gasteiger partial charge in [-0.1, -0.05) is 164 Å². The summed E-state index contributed by atoms with van der Waals surface area (Å²) in [6.07, 6.45) is 0. The van der Waals surface area contributed by atoms with Gasteiger partial charge >= 0.3 is 0 Å². The van der Waals surface area contributed by atoms with E-state index in [9.17, 15) is 0 Å². The van der Waals surface area contributed by atoms with Crippen LogP contribution in [0.2, 0.25) is 0 Å². The number of benzene rings is 9. The summed E-state index contributed by atoms with van der Waals surface area (Å²) in [7, 11) is 0. The molecule has 2 aliphatic rings. The van der Waals surface area contributed by atoms with Crippen molar-refractivity contribution in [1.29, 1.82) is 0 Å². The van der Waals surface area contributed by atoms with Crippen LogP contribution in [0.15, 0.2) is 216 Å². The van der Waals surface area contributed by atoms with Crippen molar-refractivity contribution in [2.75, 3.05) is 4.90 Å². The van der Waals surface area contributed by atoms with E-state index in [2.05, 4.69) is 230 Å². The van der Waals surface area contributed by atoms with Crippen LogP contribution in [0, 0.1) is 6.92 Å². The van der Waals surface area contributed by atoms with Gasteiger partial charge in [-0.15, -0.1) is 0 Å². The molecule has 9 aromatic carbocycles. The van der Waals surface area contributed by atoms with E-state index in [1.54, 1.807) is 0 Å². The summed E-state index contributed by atoms with van der Waals surface area (Å²) >= 11 is 0. The number of para-hydroxylation sites is 2. The van der Waals surface area contributed by atoms with Gasteiger partial charge in [0.2, 0.25) is 0 Å². The van der Waals surface area contributed by atoms with Crippen LogP contribution in [0.1, 0.15) is 33.4 Å². The van der Waals surface area contributed by atoms with Crippen LogP contribution in [-0.4, -0.2) is 12.6 Å². The molecule has 0 aromatic heterocycles. The SMILES string of the molecule is C=NC(=Nc1cccc(-c2cccc3ccccc23)c1C)c1cccc(-c2ccc3c(c2)C2(c4ccccc4-c4ccccc42)c2ccccc2N3c2ccccc2)c1. The van der Waals surface area contributed by atoms with Crippen LogP contribution in [0.3, 0.4) is 0 Å². The number of aliphatic imine (C=N–C) groups is 2. The van der Waals surface area contributed by atoms with Gasteiger partial charge in [0.25, 0.3) is 0 Å². The summed E-state index contributed by atoms with van der Waals surface area (Å²) in [6, 6.07) is 74.5. The largest absolute Gasteiger partial charge is 0.310 e. The van der Waals surface area contributed by atoms with Crippen molar-refractivity contribution >= 4 is 46.1 Å². The first-order chi connectivity index (χ1) is 29.1. The molecule has 9 aromatic rings. The maximum Gasteiger partial charge on any atom is 0.159 e. The van der Waals surface area contributed by atoms with Gasteiger partial charge in [-0.25, -0.2) is 9.98 Å². The molecule has 0 saturated heterocycles. The highest BCUT2D eigenvalue weighted by Gasteiger charge is 2.51. The Bertz CT molecular complexity index is 3110. The number of hydrogen-bond acceptors (Lipinski definition) is 2. The van der Waals surface area contributed by atoms with Gasteiger partial charge in [0, 0.05) is 11.3 Å². The molecule has 1 aliphatic carbocycles. The molecule has 0 atom stereocenters. The number of fused-ring (bicyclic) bond motifs is 10. The summed E-state index contributed by atoms with van der Waals surface area (Å²) in [5.41, 5.74) is 18.1. The average Bonchev–Trinajstić information content (AvgIpc) is 3.59. The maximum atomic E-state index is 5.18. The second-order valence-electron chi connectivity index (χ2n) is 15.4. The van der Waals surface area contributed by atoms with Gasteiger partial charge in [0.05, 0.1) is 22.5 Å². The first-order valence-corrected chi connectivity index (χ1v) is 20.2.